The molecule has 4 rings (SSSR count). The van der Waals surface area contributed by atoms with Gasteiger partial charge in [0.05, 0.1) is 12.2 Å². The molecule has 7 heteroatoms. The van der Waals surface area contributed by atoms with Crippen LogP contribution in [0.5, 0.6) is 0 Å². The highest BCUT2D eigenvalue weighted by molar-refractivity contribution is 7.09. The van der Waals surface area contributed by atoms with Crippen LogP contribution < -0.4 is 10.6 Å². The van der Waals surface area contributed by atoms with Crippen LogP contribution in [-0.2, 0) is 17.9 Å². The van der Waals surface area contributed by atoms with E-state index in [2.05, 4.69) is 20.7 Å². The number of nitrogens with zero attached hydrogens (tertiary/aromatic N) is 3. The summed E-state index contributed by atoms with van der Waals surface area (Å²) in [6, 6.07) is 12.1. The molecule has 0 radical (unpaired) electrons. The summed E-state index contributed by atoms with van der Waals surface area (Å²) >= 11 is 1.56. The minimum atomic E-state index is -0.0415. The second kappa shape index (κ2) is 8.45. The van der Waals surface area contributed by atoms with Crippen molar-refractivity contribution in [3.8, 4) is 11.3 Å². The molecule has 1 saturated heterocycles. The molecular formula is C20H23N5OS. The van der Waals surface area contributed by atoms with Gasteiger partial charge in [0.1, 0.15) is 11.6 Å². The number of carbonyl (C=O) groups is 1. The quantitative estimate of drug-likeness (QED) is 0.689. The lowest BCUT2D eigenvalue weighted by atomic mass is 9.96. The van der Waals surface area contributed by atoms with Gasteiger partial charge in [-0.15, -0.1) is 11.3 Å². The Morgan fingerprint density at radius 2 is 2.19 bits per heavy atom. The third-order valence-corrected chi connectivity index (χ3v) is 5.66. The Balaban J connectivity index is 1.33. The van der Waals surface area contributed by atoms with Crippen LogP contribution in [0, 0.1) is 0 Å². The van der Waals surface area contributed by atoms with E-state index in [-0.39, 0.29) is 12.5 Å². The third kappa shape index (κ3) is 4.43. The lowest BCUT2D eigenvalue weighted by Gasteiger charge is -2.23. The zero-order valence-electron chi connectivity index (χ0n) is 15.1. The van der Waals surface area contributed by atoms with Crippen LogP contribution in [0.3, 0.4) is 0 Å². The van der Waals surface area contributed by atoms with Gasteiger partial charge in [-0.1, -0.05) is 30.3 Å². The summed E-state index contributed by atoms with van der Waals surface area (Å²) in [5.41, 5.74) is 3.18. The fourth-order valence-electron chi connectivity index (χ4n) is 3.43. The molecule has 1 aliphatic rings. The molecule has 0 spiro atoms. The smallest absolute Gasteiger partial charge is 0.242 e. The highest BCUT2D eigenvalue weighted by Gasteiger charge is 2.20. The topological polar surface area (TPSA) is 71.8 Å². The van der Waals surface area contributed by atoms with Crippen LogP contribution in [0.25, 0.3) is 11.3 Å². The Morgan fingerprint density at radius 1 is 1.30 bits per heavy atom. The summed E-state index contributed by atoms with van der Waals surface area (Å²) < 4.78 is 1.82. The average Bonchev–Trinajstić information content (AvgIpc) is 3.37. The normalized spacial score (nSPS) is 17.0. The zero-order chi connectivity index (χ0) is 18.5. The first-order chi connectivity index (χ1) is 13.3. The number of rotatable bonds is 6. The largest absolute Gasteiger partial charge is 0.348 e. The van der Waals surface area contributed by atoms with E-state index in [4.69, 9.17) is 0 Å². The predicted molar refractivity (Wildman–Crippen MR) is 106 cm³/mol. The van der Waals surface area contributed by atoms with Gasteiger partial charge < -0.3 is 10.6 Å². The van der Waals surface area contributed by atoms with E-state index >= 15 is 0 Å². The van der Waals surface area contributed by atoms with Crippen LogP contribution in [0.1, 0.15) is 29.5 Å². The van der Waals surface area contributed by atoms with Gasteiger partial charge in [-0.2, -0.15) is 5.10 Å². The van der Waals surface area contributed by atoms with Gasteiger partial charge >= 0.3 is 0 Å². The Bertz CT molecular complexity index is 883. The number of aromatic nitrogens is 3. The van der Waals surface area contributed by atoms with Gasteiger partial charge in [0.2, 0.25) is 5.91 Å². The molecule has 6 nitrogen and oxygen atoms in total. The molecule has 0 bridgehead atoms. The number of hydrogen-bond acceptors (Lipinski definition) is 5. The molecule has 1 aromatic carbocycles. The van der Waals surface area contributed by atoms with Crippen LogP contribution in [0.15, 0.2) is 48.0 Å². The molecule has 0 saturated carbocycles. The first kappa shape index (κ1) is 17.9. The number of thiazole rings is 1. The second-order valence-corrected chi connectivity index (χ2v) is 7.67. The molecule has 27 heavy (non-hydrogen) atoms. The van der Waals surface area contributed by atoms with E-state index in [1.54, 1.807) is 17.5 Å². The summed E-state index contributed by atoms with van der Waals surface area (Å²) in [4.78, 5) is 17.0. The van der Waals surface area contributed by atoms with Crippen molar-refractivity contribution in [2.45, 2.75) is 31.8 Å². The fourth-order valence-corrected chi connectivity index (χ4v) is 4.17. The van der Waals surface area contributed by atoms with Gasteiger partial charge in [0, 0.05) is 35.3 Å². The van der Waals surface area contributed by atoms with E-state index in [0.29, 0.717) is 12.5 Å². The third-order valence-electron chi connectivity index (χ3n) is 4.82. The van der Waals surface area contributed by atoms with Crippen molar-refractivity contribution >= 4 is 17.2 Å². The molecule has 3 heterocycles. The fraction of sp³-hybridized carbons (Fsp3) is 0.350. The maximum Gasteiger partial charge on any atom is 0.242 e. The number of nitrogens with one attached hydrogen (secondary N) is 2. The average molecular weight is 382 g/mol. The molecular weight excluding hydrogens is 358 g/mol. The Labute approximate surface area is 162 Å². The maximum absolute atomic E-state index is 12.4. The number of benzene rings is 1. The lowest BCUT2D eigenvalue weighted by Crippen LogP contribution is -2.32. The Hall–Kier alpha value is -2.51. The van der Waals surface area contributed by atoms with Crippen LogP contribution in [0.4, 0.5) is 0 Å². The number of carbonyl (C=O) groups excluding carboxylic acids is 1. The highest BCUT2D eigenvalue weighted by atomic mass is 32.1. The second-order valence-electron chi connectivity index (χ2n) is 6.73. The molecule has 3 aromatic rings. The van der Waals surface area contributed by atoms with Gasteiger partial charge in [-0.25, -0.2) is 4.98 Å². The van der Waals surface area contributed by atoms with Crippen molar-refractivity contribution in [1.29, 1.82) is 0 Å². The monoisotopic (exact) mass is 381 g/mol. The van der Waals surface area contributed by atoms with Crippen molar-refractivity contribution in [2.75, 3.05) is 13.1 Å². The SMILES string of the molecule is O=C(Cn1nccc1[C@@H]1CCCNC1)NCc1nc(-c2ccccc2)cs1. The first-order valence-corrected chi connectivity index (χ1v) is 10.2. The minimum Gasteiger partial charge on any atom is -0.348 e. The van der Waals surface area contributed by atoms with Crippen LogP contribution in [0.2, 0.25) is 0 Å². The van der Waals surface area contributed by atoms with Crippen molar-refractivity contribution in [3.05, 3.63) is 58.7 Å². The number of hydrogen-bond donors (Lipinski definition) is 2. The summed E-state index contributed by atoms with van der Waals surface area (Å²) in [5.74, 6) is 0.390. The summed E-state index contributed by atoms with van der Waals surface area (Å²) in [6.45, 7) is 2.71. The van der Waals surface area contributed by atoms with E-state index in [0.717, 1.165) is 47.9 Å². The van der Waals surface area contributed by atoms with E-state index in [9.17, 15) is 4.79 Å². The predicted octanol–water partition coefficient (Wildman–Crippen LogP) is 2.79. The molecule has 1 atom stereocenters. The molecule has 2 aromatic heterocycles. The van der Waals surface area contributed by atoms with Crippen molar-refractivity contribution in [1.82, 2.24) is 25.4 Å². The van der Waals surface area contributed by atoms with Crippen molar-refractivity contribution in [3.63, 3.8) is 0 Å². The Kier molecular flexibility index (Phi) is 5.60. The lowest BCUT2D eigenvalue weighted by molar-refractivity contribution is -0.122. The standard InChI is InChI=1S/C20H23N5OS/c26-19(13-25-18(8-10-23-25)16-7-4-9-21-11-16)22-12-20-24-17(14-27-20)15-5-2-1-3-6-15/h1-3,5-6,8,10,14,16,21H,4,7,9,11-13H2,(H,22,26)/t16-/m1/s1. The van der Waals surface area contributed by atoms with E-state index in [1.807, 2.05) is 46.5 Å². The van der Waals surface area contributed by atoms with Gasteiger partial charge in [0.15, 0.2) is 0 Å². The molecule has 140 valence electrons. The summed E-state index contributed by atoms with van der Waals surface area (Å²) in [7, 11) is 0. The van der Waals surface area contributed by atoms with Gasteiger partial charge in [0.25, 0.3) is 0 Å². The Morgan fingerprint density at radius 3 is 3.00 bits per heavy atom. The molecule has 1 amide bonds. The minimum absolute atomic E-state index is 0.0415. The highest BCUT2D eigenvalue weighted by Crippen LogP contribution is 2.23. The van der Waals surface area contributed by atoms with Crippen molar-refractivity contribution in [2.24, 2.45) is 0 Å². The van der Waals surface area contributed by atoms with Crippen LogP contribution in [-0.4, -0.2) is 33.8 Å². The summed E-state index contributed by atoms with van der Waals surface area (Å²) in [5, 5.41) is 13.7. The number of amides is 1. The molecule has 0 unspecified atom stereocenters. The molecule has 1 aliphatic heterocycles. The van der Waals surface area contributed by atoms with Crippen LogP contribution >= 0.6 is 11.3 Å². The maximum atomic E-state index is 12.4. The van der Waals surface area contributed by atoms with Gasteiger partial charge in [-0.3, -0.25) is 9.48 Å². The van der Waals surface area contributed by atoms with Gasteiger partial charge in [-0.05, 0) is 25.5 Å². The molecule has 0 aliphatic carbocycles. The molecule has 2 N–H and O–H groups in total. The van der Waals surface area contributed by atoms with Crippen molar-refractivity contribution < 1.29 is 4.79 Å². The van der Waals surface area contributed by atoms with E-state index < -0.39 is 0 Å². The molecule has 1 fully saturated rings. The zero-order valence-corrected chi connectivity index (χ0v) is 15.9. The summed E-state index contributed by atoms with van der Waals surface area (Å²) in [6.07, 6.45) is 4.09. The number of piperidine rings is 1. The first-order valence-electron chi connectivity index (χ1n) is 9.28. The van der Waals surface area contributed by atoms with E-state index in [1.165, 1.54) is 0 Å².